The van der Waals surface area contributed by atoms with Crippen molar-refractivity contribution in [1.29, 1.82) is 0 Å². The molecule has 112 valence electrons. The van der Waals surface area contributed by atoms with Gasteiger partial charge in [-0.05, 0) is 25.7 Å². The van der Waals surface area contributed by atoms with Crippen LogP contribution in [0.25, 0.3) is 0 Å². The third-order valence-electron chi connectivity index (χ3n) is 3.19. The molecule has 0 saturated carbocycles. The average Bonchev–Trinajstić information content (AvgIpc) is 2.36. The number of aliphatic carboxylic acids is 1. The largest absolute Gasteiger partial charge is 1.00 e. The van der Waals surface area contributed by atoms with E-state index in [9.17, 15) is 9.90 Å². The van der Waals surface area contributed by atoms with Gasteiger partial charge in [0.05, 0.1) is 0 Å². The first-order chi connectivity index (χ1) is 9.07. The number of carbonyl (C=O) groups is 1. The Balaban J connectivity index is 0. The standard InChI is InChI=1S/C15H29NO3.Na/c1-3-4-5-6-7-8-9-10-11-12-14(17)16-13(2)15(18)19;/h13H,3-12H2,1-2H3,(H,16,17)(H,18,19);/q;+1/p-1/t13-;/m0./s1. The van der Waals surface area contributed by atoms with Crippen molar-refractivity contribution in [2.24, 2.45) is 4.99 Å². The molecule has 0 saturated heterocycles. The number of hydrogen-bond acceptors (Lipinski definition) is 3. The molecule has 0 aromatic heterocycles. The maximum atomic E-state index is 11.3. The van der Waals surface area contributed by atoms with Gasteiger partial charge >= 0.3 is 35.5 Å². The summed E-state index contributed by atoms with van der Waals surface area (Å²) in [7, 11) is 0. The van der Waals surface area contributed by atoms with E-state index in [0.29, 0.717) is 6.42 Å². The number of aliphatic imine (C=N–C) groups is 1. The van der Waals surface area contributed by atoms with Crippen LogP contribution >= 0.6 is 0 Å². The Morgan fingerprint density at radius 1 is 1.05 bits per heavy atom. The fourth-order valence-corrected chi connectivity index (χ4v) is 1.92. The Bertz CT molecular complexity index is 270. The predicted octanol–water partition coefficient (Wildman–Crippen LogP) is 0.143. The van der Waals surface area contributed by atoms with Gasteiger partial charge in [0.1, 0.15) is 6.04 Å². The summed E-state index contributed by atoms with van der Waals surface area (Å²) in [6.07, 6.45) is 11.2. The van der Waals surface area contributed by atoms with Gasteiger partial charge in [-0.25, -0.2) is 4.79 Å². The maximum absolute atomic E-state index is 11.3. The monoisotopic (exact) mass is 293 g/mol. The van der Waals surface area contributed by atoms with Crippen molar-refractivity contribution in [2.75, 3.05) is 0 Å². The zero-order chi connectivity index (χ0) is 14.5. The topological polar surface area (TPSA) is 72.7 Å². The Morgan fingerprint density at radius 2 is 1.50 bits per heavy atom. The Morgan fingerprint density at radius 3 is 1.95 bits per heavy atom. The van der Waals surface area contributed by atoms with Crippen molar-refractivity contribution in [2.45, 2.75) is 84.1 Å². The number of rotatable bonds is 12. The molecular weight excluding hydrogens is 265 g/mol. The van der Waals surface area contributed by atoms with Crippen LogP contribution in [0.2, 0.25) is 0 Å². The third-order valence-corrected chi connectivity index (χ3v) is 3.19. The van der Waals surface area contributed by atoms with Crippen LogP contribution in [0.3, 0.4) is 0 Å². The Kier molecular flexibility index (Phi) is 17.0. The van der Waals surface area contributed by atoms with Crippen molar-refractivity contribution in [3.05, 3.63) is 0 Å². The summed E-state index contributed by atoms with van der Waals surface area (Å²) >= 11 is 0. The van der Waals surface area contributed by atoms with Crippen molar-refractivity contribution in [3.8, 4) is 0 Å². The first-order valence-electron chi connectivity index (χ1n) is 7.54. The van der Waals surface area contributed by atoms with Crippen molar-refractivity contribution in [3.63, 3.8) is 0 Å². The average molecular weight is 293 g/mol. The van der Waals surface area contributed by atoms with E-state index in [4.69, 9.17) is 5.11 Å². The van der Waals surface area contributed by atoms with Gasteiger partial charge < -0.3 is 10.2 Å². The van der Waals surface area contributed by atoms with E-state index in [0.717, 1.165) is 19.3 Å². The van der Waals surface area contributed by atoms with Crippen LogP contribution in [-0.4, -0.2) is 23.0 Å². The molecule has 0 aromatic rings. The molecule has 0 aliphatic carbocycles. The molecule has 0 aliphatic heterocycles. The maximum Gasteiger partial charge on any atom is 1.00 e. The fourth-order valence-electron chi connectivity index (χ4n) is 1.92. The molecule has 0 fully saturated rings. The van der Waals surface area contributed by atoms with Crippen LogP contribution < -0.4 is 34.7 Å². The minimum absolute atomic E-state index is 0. The SMILES string of the molecule is CCCCCCCCCCCC([O-])=N[C@@H](C)C(=O)O.[Na+]. The van der Waals surface area contributed by atoms with Crippen LogP contribution in [0.5, 0.6) is 0 Å². The number of carboxylic acids is 1. The first kappa shape index (κ1) is 22.2. The van der Waals surface area contributed by atoms with E-state index in [1.165, 1.54) is 45.4 Å². The number of hydrogen-bond donors (Lipinski definition) is 1. The predicted molar refractivity (Wildman–Crippen MR) is 76.4 cm³/mol. The molecule has 0 unspecified atom stereocenters. The molecule has 1 N–H and O–H groups in total. The number of nitrogens with zero attached hydrogens (tertiary/aromatic N) is 1. The van der Waals surface area contributed by atoms with Crippen LogP contribution in [0.15, 0.2) is 4.99 Å². The van der Waals surface area contributed by atoms with Crippen LogP contribution in [0.1, 0.15) is 78.1 Å². The van der Waals surface area contributed by atoms with Crippen LogP contribution in [0, 0.1) is 0 Å². The van der Waals surface area contributed by atoms with Crippen LogP contribution in [0.4, 0.5) is 0 Å². The quantitative estimate of drug-likeness (QED) is 0.241. The summed E-state index contributed by atoms with van der Waals surface area (Å²) < 4.78 is 0. The van der Waals surface area contributed by atoms with Gasteiger partial charge in [0.25, 0.3) is 0 Å². The van der Waals surface area contributed by atoms with Gasteiger partial charge in [0.2, 0.25) is 0 Å². The Hall–Kier alpha value is -0.0600. The molecular formula is C15H28NNaO3. The minimum Gasteiger partial charge on any atom is -0.862 e. The zero-order valence-corrected chi connectivity index (χ0v) is 15.4. The van der Waals surface area contributed by atoms with E-state index >= 15 is 0 Å². The molecule has 0 heterocycles. The van der Waals surface area contributed by atoms with Gasteiger partial charge in [-0.3, -0.25) is 4.99 Å². The van der Waals surface area contributed by atoms with Crippen molar-refractivity contribution in [1.82, 2.24) is 0 Å². The zero-order valence-electron chi connectivity index (χ0n) is 13.4. The smallest absolute Gasteiger partial charge is 0.862 e. The van der Waals surface area contributed by atoms with Gasteiger partial charge in [-0.2, -0.15) is 0 Å². The third kappa shape index (κ3) is 14.4. The molecule has 0 radical (unpaired) electrons. The fraction of sp³-hybridized carbons (Fsp3) is 0.867. The molecule has 4 nitrogen and oxygen atoms in total. The van der Waals surface area contributed by atoms with E-state index in [1.807, 2.05) is 0 Å². The summed E-state index contributed by atoms with van der Waals surface area (Å²) in [5.74, 6) is -1.32. The van der Waals surface area contributed by atoms with E-state index < -0.39 is 12.0 Å². The minimum atomic E-state index is -1.04. The normalized spacial score (nSPS) is 12.8. The molecule has 0 rings (SSSR count). The molecule has 0 aliphatic rings. The summed E-state index contributed by atoms with van der Waals surface area (Å²) in [4.78, 5) is 14.1. The van der Waals surface area contributed by atoms with Gasteiger partial charge in [-0.15, -0.1) is 0 Å². The van der Waals surface area contributed by atoms with Gasteiger partial charge in [0, 0.05) is 0 Å². The summed E-state index contributed by atoms with van der Waals surface area (Å²) in [6.45, 7) is 3.64. The molecule has 0 amide bonds. The second-order valence-electron chi connectivity index (χ2n) is 5.12. The van der Waals surface area contributed by atoms with E-state index in [-0.39, 0.29) is 35.5 Å². The van der Waals surface area contributed by atoms with E-state index in [1.54, 1.807) is 0 Å². The van der Waals surface area contributed by atoms with Crippen LogP contribution in [-0.2, 0) is 4.79 Å². The Labute approximate surface area is 145 Å². The molecule has 0 bridgehead atoms. The molecule has 1 atom stereocenters. The summed E-state index contributed by atoms with van der Waals surface area (Å²) in [5.41, 5.74) is 0. The number of unbranched alkanes of at least 4 members (excludes halogenated alkanes) is 8. The van der Waals surface area contributed by atoms with E-state index in [2.05, 4.69) is 11.9 Å². The first-order valence-corrected chi connectivity index (χ1v) is 7.54. The molecule has 5 heteroatoms. The second-order valence-corrected chi connectivity index (χ2v) is 5.12. The molecule has 0 aromatic carbocycles. The summed E-state index contributed by atoms with van der Waals surface area (Å²) in [5, 5.41) is 20.0. The number of carboxylic acid groups (broad SMARTS) is 1. The van der Waals surface area contributed by atoms with Gasteiger partial charge in [-0.1, -0.05) is 58.3 Å². The van der Waals surface area contributed by atoms with Gasteiger partial charge in [0.15, 0.2) is 0 Å². The van der Waals surface area contributed by atoms with Crippen molar-refractivity contribution >= 4 is 11.9 Å². The molecule has 20 heavy (non-hydrogen) atoms. The molecule has 0 spiro atoms. The van der Waals surface area contributed by atoms with Crippen molar-refractivity contribution < 1.29 is 44.6 Å². The summed E-state index contributed by atoms with van der Waals surface area (Å²) in [6, 6.07) is -0.911. The second kappa shape index (κ2) is 15.3.